The van der Waals surface area contributed by atoms with Crippen LogP contribution in [0, 0.1) is 6.92 Å². The fraction of sp³-hybridized carbons (Fsp3) is 0.533. The first-order chi connectivity index (χ1) is 9.22. The number of nitrogens with zero attached hydrogens (tertiary/aromatic N) is 1. The third kappa shape index (κ3) is 3.55. The highest BCUT2D eigenvalue weighted by molar-refractivity contribution is 5.80. The van der Waals surface area contributed by atoms with Crippen molar-refractivity contribution in [3.8, 4) is 0 Å². The molecule has 1 aromatic carbocycles. The molecule has 0 aliphatic carbocycles. The van der Waals surface area contributed by atoms with Gasteiger partial charge < -0.3 is 9.64 Å². The maximum Gasteiger partial charge on any atom is 0.238 e. The molecule has 0 aromatic heterocycles. The molecular weight excluding hydrogens is 240 g/mol. The molecule has 2 rings (SSSR count). The standard InChI is InChI=1S/C15H22N2O2/c1-12-5-7-13(8-6-12)15-16-11-14(18)17(15)9-3-4-10-19-2/h5-8,15-16H,3-4,9-11H2,1-2H3. The topological polar surface area (TPSA) is 41.6 Å². The van der Waals surface area contributed by atoms with Crippen molar-refractivity contribution in [3.63, 3.8) is 0 Å². The zero-order chi connectivity index (χ0) is 13.7. The second kappa shape index (κ2) is 6.68. The lowest BCUT2D eigenvalue weighted by molar-refractivity contribution is -0.128. The van der Waals surface area contributed by atoms with E-state index in [0.29, 0.717) is 6.54 Å². The molecule has 1 saturated heterocycles. The van der Waals surface area contributed by atoms with Gasteiger partial charge in [-0.25, -0.2) is 0 Å². The van der Waals surface area contributed by atoms with Crippen molar-refractivity contribution in [2.75, 3.05) is 26.8 Å². The summed E-state index contributed by atoms with van der Waals surface area (Å²) in [5.41, 5.74) is 2.39. The van der Waals surface area contributed by atoms with E-state index in [4.69, 9.17) is 4.74 Å². The normalized spacial score (nSPS) is 19.2. The molecule has 0 spiro atoms. The smallest absolute Gasteiger partial charge is 0.238 e. The largest absolute Gasteiger partial charge is 0.385 e. The molecule has 1 unspecified atom stereocenters. The number of aryl methyl sites for hydroxylation is 1. The highest BCUT2D eigenvalue weighted by atomic mass is 16.5. The molecule has 1 atom stereocenters. The van der Waals surface area contributed by atoms with Crippen molar-refractivity contribution >= 4 is 5.91 Å². The number of ether oxygens (including phenoxy) is 1. The quantitative estimate of drug-likeness (QED) is 0.796. The second-order valence-corrected chi connectivity index (χ2v) is 4.98. The van der Waals surface area contributed by atoms with E-state index in [-0.39, 0.29) is 12.1 Å². The lowest BCUT2D eigenvalue weighted by atomic mass is 10.1. The van der Waals surface area contributed by atoms with Gasteiger partial charge in [0.15, 0.2) is 0 Å². The number of rotatable bonds is 6. The Kier molecular flexibility index (Phi) is 4.93. The average molecular weight is 262 g/mol. The van der Waals surface area contributed by atoms with Gasteiger partial charge in [0.2, 0.25) is 5.91 Å². The number of unbranched alkanes of at least 4 members (excludes halogenated alkanes) is 1. The number of benzene rings is 1. The van der Waals surface area contributed by atoms with Crippen LogP contribution in [-0.2, 0) is 9.53 Å². The first-order valence-corrected chi connectivity index (χ1v) is 6.80. The Morgan fingerprint density at radius 2 is 2.05 bits per heavy atom. The fourth-order valence-electron chi connectivity index (χ4n) is 2.37. The molecule has 1 aromatic rings. The molecule has 0 saturated carbocycles. The number of nitrogens with one attached hydrogen (secondary N) is 1. The summed E-state index contributed by atoms with van der Waals surface area (Å²) >= 11 is 0. The molecule has 104 valence electrons. The minimum absolute atomic E-state index is 0.0237. The van der Waals surface area contributed by atoms with E-state index in [1.807, 2.05) is 4.90 Å². The molecule has 0 radical (unpaired) electrons. The minimum Gasteiger partial charge on any atom is -0.385 e. The molecule has 4 heteroatoms. The van der Waals surface area contributed by atoms with Crippen molar-refractivity contribution < 1.29 is 9.53 Å². The summed E-state index contributed by atoms with van der Waals surface area (Å²) in [5.74, 6) is 0.183. The number of carbonyl (C=O) groups excluding carboxylic acids is 1. The summed E-state index contributed by atoms with van der Waals surface area (Å²) < 4.78 is 5.04. The van der Waals surface area contributed by atoms with Crippen LogP contribution in [-0.4, -0.2) is 37.6 Å². The molecule has 1 aliphatic rings. The van der Waals surface area contributed by atoms with Crippen LogP contribution in [0.4, 0.5) is 0 Å². The molecule has 1 N–H and O–H groups in total. The highest BCUT2D eigenvalue weighted by Crippen LogP contribution is 2.23. The fourth-order valence-corrected chi connectivity index (χ4v) is 2.37. The maximum atomic E-state index is 11.9. The molecule has 1 amide bonds. The predicted molar refractivity (Wildman–Crippen MR) is 74.7 cm³/mol. The minimum atomic E-state index is 0.0237. The summed E-state index contributed by atoms with van der Waals surface area (Å²) in [4.78, 5) is 13.9. The van der Waals surface area contributed by atoms with E-state index < -0.39 is 0 Å². The van der Waals surface area contributed by atoms with Gasteiger partial charge >= 0.3 is 0 Å². The van der Waals surface area contributed by atoms with Gasteiger partial charge in [0.1, 0.15) is 6.17 Å². The van der Waals surface area contributed by atoms with Crippen molar-refractivity contribution in [2.24, 2.45) is 0 Å². The third-order valence-electron chi connectivity index (χ3n) is 3.47. The average Bonchev–Trinajstić information content (AvgIpc) is 2.77. The Balaban J connectivity index is 1.98. The van der Waals surface area contributed by atoms with E-state index >= 15 is 0 Å². The van der Waals surface area contributed by atoms with Crippen LogP contribution < -0.4 is 5.32 Å². The van der Waals surface area contributed by atoms with Gasteiger partial charge in [-0.2, -0.15) is 0 Å². The SMILES string of the molecule is COCCCCN1C(=O)CNC1c1ccc(C)cc1. The van der Waals surface area contributed by atoms with Crippen molar-refractivity contribution in [1.29, 1.82) is 0 Å². The highest BCUT2D eigenvalue weighted by Gasteiger charge is 2.30. The first kappa shape index (κ1) is 14.0. The Bertz CT molecular complexity index is 417. The number of amides is 1. The molecule has 4 nitrogen and oxygen atoms in total. The molecule has 0 bridgehead atoms. The molecular formula is C15H22N2O2. The van der Waals surface area contributed by atoms with Gasteiger partial charge in [-0.15, -0.1) is 0 Å². The van der Waals surface area contributed by atoms with Crippen LogP contribution in [0.15, 0.2) is 24.3 Å². The van der Waals surface area contributed by atoms with E-state index in [0.717, 1.165) is 31.6 Å². The van der Waals surface area contributed by atoms with Gasteiger partial charge in [-0.1, -0.05) is 29.8 Å². The van der Waals surface area contributed by atoms with E-state index in [1.165, 1.54) is 5.56 Å². The van der Waals surface area contributed by atoms with Gasteiger partial charge in [0.05, 0.1) is 6.54 Å². The predicted octanol–water partition coefficient (Wildman–Crippen LogP) is 1.85. The van der Waals surface area contributed by atoms with Crippen LogP contribution in [0.3, 0.4) is 0 Å². The van der Waals surface area contributed by atoms with Crippen LogP contribution in [0.25, 0.3) is 0 Å². The van der Waals surface area contributed by atoms with Crippen LogP contribution in [0.5, 0.6) is 0 Å². The number of hydrogen-bond acceptors (Lipinski definition) is 3. The van der Waals surface area contributed by atoms with E-state index in [2.05, 4.69) is 36.5 Å². The molecule has 19 heavy (non-hydrogen) atoms. The summed E-state index contributed by atoms with van der Waals surface area (Å²) in [6, 6.07) is 8.35. The second-order valence-electron chi connectivity index (χ2n) is 4.98. The van der Waals surface area contributed by atoms with Crippen LogP contribution >= 0.6 is 0 Å². The summed E-state index contributed by atoms with van der Waals surface area (Å²) in [6.07, 6.45) is 1.99. The molecule has 1 aliphatic heterocycles. The van der Waals surface area contributed by atoms with E-state index in [1.54, 1.807) is 7.11 Å². The molecule has 1 heterocycles. The summed E-state index contributed by atoms with van der Waals surface area (Å²) in [5, 5.41) is 3.28. The van der Waals surface area contributed by atoms with Crippen LogP contribution in [0.2, 0.25) is 0 Å². The number of hydrogen-bond donors (Lipinski definition) is 1. The summed E-state index contributed by atoms with van der Waals surface area (Å²) in [6.45, 7) is 4.04. The Morgan fingerprint density at radius 3 is 2.74 bits per heavy atom. The number of methoxy groups -OCH3 is 1. The van der Waals surface area contributed by atoms with Gasteiger partial charge in [0, 0.05) is 20.3 Å². The first-order valence-electron chi connectivity index (χ1n) is 6.80. The third-order valence-corrected chi connectivity index (χ3v) is 3.47. The van der Waals surface area contributed by atoms with Gasteiger partial charge in [-0.05, 0) is 25.3 Å². The maximum absolute atomic E-state index is 11.9. The van der Waals surface area contributed by atoms with Crippen molar-refractivity contribution in [3.05, 3.63) is 35.4 Å². The van der Waals surface area contributed by atoms with Gasteiger partial charge in [0.25, 0.3) is 0 Å². The lowest BCUT2D eigenvalue weighted by Gasteiger charge is -2.24. The summed E-state index contributed by atoms with van der Waals surface area (Å²) in [7, 11) is 1.71. The number of carbonyl (C=O) groups is 1. The van der Waals surface area contributed by atoms with Gasteiger partial charge in [-0.3, -0.25) is 10.1 Å². The Morgan fingerprint density at radius 1 is 1.32 bits per heavy atom. The Hall–Kier alpha value is -1.39. The van der Waals surface area contributed by atoms with Crippen molar-refractivity contribution in [2.45, 2.75) is 25.9 Å². The van der Waals surface area contributed by atoms with Crippen molar-refractivity contribution in [1.82, 2.24) is 10.2 Å². The monoisotopic (exact) mass is 262 g/mol. The zero-order valence-electron chi connectivity index (χ0n) is 11.7. The zero-order valence-corrected chi connectivity index (χ0v) is 11.7. The van der Waals surface area contributed by atoms with Crippen LogP contribution in [0.1, 0.15) is 30.1 Å². The lowest BCUT2D eigenvalue weighted by Crippen LogP contribution is -2.31. The Labute approximate surface area is 114 Å². The molecule has 1 fully saturated rings. The van der Waals surface area contributed by atoms with E-state index in [9.17, 15) is 4.79 Å².